The lowest BCUT2D eigenvalue weighted by Crippen LogP contribution is -2.09. The molecule has 1 fully saturated rings. The van der Waals surface area contributed by atoms with E-state index >= 15 is 0 Å². The molecule has 0 aliphatic heterocycles. The highest BCUT2D eigenvalue weighted by Gasteiger charge is 2.44. The van der Waals surface area contributed by atoms with Gasteiger partial charge in [0.15, 0.2) is 17.8 Å². The molecular formula is C12H14O4. The number of methoxy groups -OCH3 is 2. The third kappa shape index (κ3) is 1.65. The van der Waals surface area contributed by atoms with E-state index in [1.807, 2.05) is 0 Å². The molecule has 2 rings (SSSR count). The molecule has 86 valence electrons. The standard InChI is InChI=1S/C12H14O4/c1-15-10-5-8(7-13)9(6-11(10)16-2)12(14)3-4-12/h5-7,14H,3-4H2,1-2H3. The van der Waals surface area contributed by atoms with Gasteiger partial charge in [-0.2, -0.15) is 0 Å². The van der Waals surface area contributed by atoms with Gasteiger partial charge in [-0.25, -0.2) is 0 Å². The quantitative estimate of drug-likeness (QED) is 0.784. The molecule has 0 aromatic heterocycles. The zero-order valence-electron chi connectivity index (χ0n) is 9.32. The van der Waals surface area contributed by atoms with Gasteiger partial charge >= 0.3 is 0 Å². The summed E-state index contributed by atoms with van der Waals surface area (Å²) >= 11 is 0. The molecule has 0 atom stereocenters. The summed E-state index contributed by atoms with van der Waals surface area (Å²) in [4.78, 5) is 11.0. The van der Waals surface area contributed by atoms with Crippen molar-refractivity contribution in [1.82, 2.24) is 0 Å². The second kappa shape index (κ2) is 3.79. The molecule has 1 aliphatic rings. The Labute approximate surface area is 93.8 Å². The first-order chi connectivity index (χ1) is 7.64. The fourth-order valence-corrected chi connectivity index (χ4v) is 1.78. The molecule has 4 nitrogen and oxygen atoms in total. The molecule has 0 unspecified atom stereocenters. The number of aldehydes is 1. The van der Waals surface area contributed by atoms with E-state index in [1.54, 1.807) is 12.1 Å². The van der Waals surface area contributed by atoms with E-state index < -0.39 is 5.60 Å². The van der Waals surface area contributed by atoms with Gasteiger partial charge < -0.3 is 14.6 Å². The largest absolute Gasteiger partial charge is 0.493 e. The van der Waals surface area contributed by atoms with Crippen molar-refractivity contribution >= 4 is 6.29 Å². The fourth-order valence-electron chi connectivity index (χ4n) is 1.78. The Morgan fingerprint density at radius 2 is 1.81 bits per heavy atom. The Kier molecular flexibility index (Phi) is 2.59. The second-order valence-electron chi connectivity index (χ2n) is 3.94. The van der Waals surface area contributed by atoms with E-state index in [-0.39, 0.29) is 0 Å². The summed E-state index contributed by atoms with van der Waals surface area (Å²) in [6, 6.07) is 3.27. The van der Waals surface area contributed by atoms with E-state index in [0.29, 0.717) is 35.5 Å². The lowest BCUT2D eigenvalue weighted by molar-refractivity contribution is 0.110. The van der Waals surface area contributed by atoms with Crippen molar-refractivity contribution in [3.8, 4) is 11.5 Å². The van der Waals surface area contributed by atoms with Crippen molar-refractivity contribution in [2.75, 3.05) is 14.2 Å². The molecular weight excluding hydrogens is 208 g/mol. The smallest absolute Gasteiger partial charge is 0.161 e. The zero-order chi connectivity index (χ0) is 11.8. The van der Waals surface area contributed by atoms with E-state index in [2.05, 4.69) is 0 Å². The number of ether oxygens (including phenoxy) is 2. The van der Waals surface area contributed by atoms with Crippen LogP contribution < -0.4 is 9.47 Å². The SMILES string of the molecule is COc1cc(C=O)c(C2(O)CC2)cc1OC. The summed E-state index contributed by atoms with van der Waals surface area (Å²) < 4.78 is 10.2. The van der Waals surface area contributed by atoms with Crippen LogP contribution in [0, 0.1) is 0 Å². The van der Waals surface area contributed by atoms with Crippen LogP contribution in [-0.4, -0.2) is 25.6 Å². The highest BCUT2D eigenvalue weighted by Crippen LogP contribution is 2.48. The lowest BCUT2D eigenvalue weighted by Gasteiger charge is -2.15. The number of hydrogen-bond acceptors (Lipinski definition) is 4. The molecule has 0 spiro atoms. The van der Waals surface area contributed by atoms with Crippen molar-refractivity contribution in [2.45, 2.75) is 18.4 Å². The normalized spacial score (nSPS) is 16.7. The van der Waals surface area contributed by atoms with Crippen LogP contribution in [0.1, 0.15) is 28.8 Å². The fraction of sp³-hybridized carbons (Fsp3) is 0.417. The maximum Gasteiger partial charge on any atom is 0.161 e. The van der Waals surface area contributed by atoms with E-state index in [0.717, 1.165) is 6.29 Å². The monoisotopic (exact) mass is 222 g/mol. The first-order valence-corrected chi connectivity index (χ1v) is 5.08. The minimum absolute atomic E-state index is 0.456. The molecule has 0 amide bonds. The predicted octanol–water partition coefficient (Wildman–Crippen LogP) is 1.50. The van der Waals surface area contributed by atoms with Crippen molar-refractivity contribution in [3.63, 3.8) is 0 Å². The van der Waals surface area contributed by atoms with Crippen LogP contribution in [0.4, 0.5) is 0 Å². The Hall–Kier alpha value is -1.55. The Morgan fingerprint density at radius 1 is 1.25 bits per heavy atom. The van der Waals surface area contributed by atoms with Gasteiger partial charge in [0.25, 0.3) is 0 Å². The third-order valence-corrected chi connectivity index (χ3v) is 2.91. The summed E-state index contributed by atoms with van der Waals surface area (Å²) in [5.74, 6) is 1.03. The molecule has 1 saturated carbocycles. The van der Waals surface area contributed by atoms with Crippen LogP contribution in [0.2, 0.25) is 0 Å². The maximum absolute atomic E-state index is 11.0. The third-order valence-electron chi connectivity index (χ3n) is 2.91. The molecule has 4 heteroatoms. The first-order valence-electron chi connectivity index (χ1n) is 5.08. The number of aliphatic hydroxyl groups is 1. The van der Waals surface area contributed by atoms with E-state index in [4.69, 9.17) is 9.47 Å². The van der Waals surface area contributed by atoms with Gasteiger partial charge in [-0.1, -0.05) is 0 Å². The molecule has 1 aliphatic carbocycles. The maximum atomic E-state index is 11.0. The van der Waals surface area contributed by atoms with Crippen LogP contribution in [-0.2, 0) is 5.60 Å². The van der Waals surface area contributed by atoms with Gasteiger partial charge in [0.2, 0.25) is 0 Å². The highest BCUT2D eigenvalue weighted by molar-refractivity contribution is 5.80. The van der Waals surface area contributed by atoms with Crippen LogP contribution in [0.3, 0.4) is 0 Å². The number of carbonyl (C=O) groups excluding carboxylic acids is 1. The molecule has 1 N–H and O–H groups in total. The van der Waals surface area contributed by atoms with E-state index in [9.17, 15) is 9.90 Å². The molecule has 16 heavy (non-hydrogen) atoms. The van der Waals surface area contributed by atoms with Gasteiger partial charge in [0.1, 0.15) is 0 Å². The molecule has 0 heterocycles. The second-order valence-corrected chi connectivity index (χ2v) is 3.94. The Morgan fingerprint density at radius 3 is 2.25 bits per heavy atom. The van der Waals surface area contributed by atoms with Crippen LogP contribution in [0.25, 0.3) is 0 Å². The molecule has 1 aromatic carbocycles. The van der Waals surface area contributed by atoms with Gasteiger partial charge in [-0.15, -0.1) is 0 Å². The lowest BCUT2D eigenvalue weighted by atomic mass is 10.0. The summed E-state index contributed by atoms with van der Waals surface area (Å²) in [5.41, 5.74) is 0.230. The zero-order valence-corrected chi connectivity index (χ0v) is 9.32. The number of carbonyl (C=O) groups is 1. The average Bonchev–Trinajstić information content (AvgIpc) is 3.06. The summed E-state index contributed by atoms with van der Waals surface area (Å²) in [6.45, 7) is 0. The van der Waals surface area contributed by atoms with Crippen molar-refractivity contribution < 1.29 is 19.4 Å². The van der Waals surface area contributed by atoms with Crippen molar-refractivity contribution in [1.29, 1.82) is 0 Å². The number of rotatable bonds is 4. The van der Waals surface area contributed by atoms with Crippen molar-refractivity contribution in [3.05, 3.63) is 23.3 Å². The Balaban J connectivity index is 2.55. The van der Waals surface area contributed by atoms with Gasteiger partial charge in [-0.05, 0) is 30.5 Å². The van der Waals surface area contributed by atoms with Gasteiger partial charge in [0, 0.05) is 5.56 Å². The van der Waals surface area contributed by atoms with E-state index in [1.165, 1.54) is 14.2 Å². The summed E-state index contributed by atoms with van der Waals surface area (Å²) in [6.07, 6.45) is 2.10. The van der Waals surface area contributed by atoms with Crippen LogP contribution in [0.5, 0.6) is 11.5 Å². The van der Waals surface area contributed by atoms with Crippen LogP contribution >= 0.6 is 0 Å². The highest BCUT2D eigenvalue weighted by atomic mass is 16.5. The van der Waals surface area contributed by atoms with Crippen LogP contribution in [0.15, 0.2) is 12.1 Å². The van der Waals surface area contributed by atoms with Gasteiger partial charge in [0.05, 0.1) is 19.8 Å². The number of hydrogen-bond donors (Lipinski definition) is 1. The minimum Gasteiger partial charge on any atom is -0.493 e. The predicted molar refractivity (Wildman–Crippen MR) is 58.1 cm³/mol. The average molecular weight is 222 g/mol. The first kappa shape index (κ1) is 11.0. The molecule has 0 radical (unpaired) electrons. The van der Waals surface area contributed by atoms with Crippen molar-refractivity contribution in [2.24, 2.45) is 0 Å². The molecule has 1 aromatic rings. The number of benzene rings is 1. The summed E-state index contributed by atoms with van der Waals surface area (Å²) in [7, 11) is 3.04. The minimum atomic E-state index is -0.851. The Bertz CT molecular complexity index is 421. The molecule has 0 bridgehead atoms. The summed E-state index contributed by atoms with van der Waals surface area (Å²) in [5, 5.41) is 10.0. The van der Waals surface area contributed by atoms with Gasteiger partial charge in [-0.3, -0.25) is 4.79 Å². The topological polar surface area (TPSA) is 55.8 Å². The molecule has 0 saturated heterocycles.